The lowest BCUT2D eigenvalue weighted by Crippen LogP contribution is -2.44. The van der Waals surface area contributed by atoms with E-state index in [-0.39, 0.29) is 11.5 Å². The molecule has 1 heterocycles. The lowest BCUT2D eigenvalue weighted by Gasteiger charge is -2.34. The van der Waals surface area contributed by atoms with Gasteiger partial charge in [-0.1, -0.05) is 32.9 Å². The van der Waals surface area contributed by atoms with Crippen molar-refractivity contribution in [2.75, 3.05) is 25.0 Å². The number of rotatable bonds is 3. The Hall–Kier alpha value is -1.71. The van der Waals surface area contributed by atoms with Crippen molar-refractivity contribution in [2.24, 2.45) is 5.92 Å². The van der Waals surface area contributed by atoms with E-state index in [0.717, 1.165) is 38.2 Å². The molecule has 140 valence electrons. The predicted molar refractivity (Wildman–Crippen MR) is 104 cm³/mol. The Morgan fingerprint density at radius 3 is 2.36 bits per heavy atom. The Bertz CT molecular complexity index is 567. The monoisotopic (exact) mass is 346 g/mol. The van der Waals surface area contributed by atoms with Crippen LogP contribution in [0.2, 0.25) is 0 Å². The minimum absolute atomic E-state index is 0.176. The molecule has 4 nitrogen and oxygen atoms in total. The number of anilines is 1. The summed E-state index contributed by atoms with van der Waals surface area (Å²) in [6, 6.07) is 8.68. The molecule has 0 aromatic heterocycles. The van der Waals surface area contributed by atoms with Crippen molar-refractivity contribution in [1.29, 1.82) is 0 Å². The molecule has 1 aliphatic heterocycles. The number of amides is 1. The van der Waals surface area contributed by atoms with Crippen molar-refractivity contribution >= 4 is 11.8 Å². The zero-order chi connectivity index (χ0) is 18.7. The van der Waals surface area contributed by atoms with Gasteiger partial charge in [0.2, 0.25) is 0 Å². The van der Waals surface area contributed by atoms with Crippen LogP contribution in [0, 0.1) is 5.92 Å². The van der Waals surface area contributed by atoms with Gasteiger partial charge in [0.1, 0.15) is 5.60 Å². The molecule has 0 aliphatic carbocycles. The Balaban J connectivity index is 1.85. The fraction of sp³-hybridized carbons (Fsp3) is 0.667. The van der Waals surface area contributed by atoms with Gasteiger partial charge in [0.05, 0.1) is 0 Å². The first-order chi connectivity index (χ1) is 11.5. The second kappa shape index (κ2) is 7.67. The fourth-order valence-corrected chi connectivity index (χ4v) is 3.07. The SMILES string of the molecule is CC(C)(C)OC(=O)N1CCCC(CNc2ccc(C(C)(C)C)cc2)C1. The van der Waals surface area contributed by atoms with Crippen LogP contribution >= 0.6 is 0 Å². The number of carbonyl (C=O) groups is 1. The van der Waals surface area contributed by atoms with Gasteiger partial charge in [-0.15, -0.1) is 0 Å². The zero-order valence-corrected chi connectivity index (χ0v) is 16.7. The molecule has 1 fully saturated rings. The first-order valence-electron chi connectivity index (χ1n) is 9.37. The minimum Gasteiger partial charge on any atom is -0.444 e. The fourth-order valence-electron chi connectivity index (χ4n) is 3.07. The number of benzene rings is 1. The zero-order valence-electron chi connectivity index (χ0n) is 16.7. The highest BCUT2D eigenvalue weighted by atomic mass is 16.6. The molecule has 1 aliphatic rings. The summed E-state index contributed by atoms with van der Waals surface area (Å²) < 4.78 is 5.50. The molecule has 25 heavy (non-hydrogen) atoms. The van der Waals surface area contributed by atoms with Crippen LogP contribution in [0.3, 0.4) is 0 Å². The number of ether oxygens (including phenoxy) is 1. The summed E-state index contributed by atoms with van der Waals surface area (Å²) in [6.07, 6.45) is 1.99. The summed E-state index contributed by atoms with van der Waals surface area (Å²) in [5.41, 5.74) is 2.22. The number of carbonyl (C=O) groups excluding carboxylic acids is 1. The van der Waals surface area contributed by atoms with Gasteiger partial charge in [-0.2, -0.15) is 0 Å². The standard InChI is InChI=1S/C21H34N2O2/c1-20(2,3)17-9-11-18(12-10-17)22-14-16-8-7-13-23(15-16)19(24)25-21(4,5)6/h9-12,16,22H,7-8,13-15H2,1-6H3. The molecule has 1 saturated heterocycles. The van der Waals surface area contributed by atoms with Gasteiger partial charge in [0, 0.05) is 25.3 Å². The van der Waals surface area contributed by atoms with Crippen molar-refractivity contribution in [3.63, 3.8) is 0 Å². The summed E-state index contributed by atoms with van der Waals surface area (Å²) in [7, 11) is 0. The largest absolute Gasteiger partial charge is 0.444 e. The maximum Gasteiger partial charge on any atom is 0.410 e. The molecule has 0 bridgehead atoms. The van der Waals surface area contributed by atoms with Crippen LogP contribution in [0.5, 0.6) is 0 Å². The van der Waals surface area contributed by atoms with E-state index in [2.05, 4.69) is 50.4 Å². The normalized spacial score (nSPS) is 18.8. The Morgan fingerprint density at radius 2 is 1.80 bits per heavy atom. The summed E-state index contributed by atoms with van der Waals surface area (Å²) in [4.78, 5) is 14.1. The smallest absolute Gasteiger partial charge is 0.410 e. The van der Waals surface area contributed by atoms with E-state index in [4.69, 9.17) is 4.74 Å². The van der Waals surface area contributed by atoms with Crippen molar-refractivity contribution < 1.29 is 9.53 Å². The maximum atomic E-state index is 12.2. The van der Waals surface area contributed by atoms with Gasteiger partial charge in [-0.25, -0.2) is 4.79 Å². The summed E-state index contributed by atoms with van der Waals surface area (Å²) in [5, 5.41) is 3.52. The molecule has 1 N–H and O–H groups in total. The molecule has 0 spiro atoms. The minimum atomic E-state index is -0.433. The Morgan fingerprint density at radius 1 is 1.16 bits per heavy atom. The van der Waals surface area contributed by atoms with E-state index in [1.165, 1.54) is 5.56 Å². The second-order valence-corrected chi connectivity index (χ2v) is 9.14. The molecule has 1 aromatic carbocycles. The summed E-state index contributed by atoms with van der Waals surface area (Å²) >= 11 is 0. The van der Waals surface area contributed by atoms with Crippen LogP contribution < -0.4 is 5.32 Å². The molecule has 4 heteroatoms. The van der Waals surface area contributed by atoms with Gasteiger partial charge >= 0.3 is 6.09 Å². The number of likely N-dealkylation sites (tertiary alicyclic amines) is 1. The molecular formula is C21H34N2O2. The average Bonchev–Trinajstić information content (AvgIpc) is 2.51. The molecule has 0 radical (unpaired) electrons. The van der Waals surface area contributed by atoms with Crippen LogP contribution in [0.15, 0.2) is 24.3 Å². The van der Waals surface area contributed by atoms with E-state index in [1.54, 1.807) is 0 Å². The van der Waals surface area contributed by atoms with Gasteiger partial charge in [0.25, 0.3) is 0 Å². The highest BCUT2D eigenvalue weighted by molar-refractivity contribution is 5.68. The van der Waals surface area contributed by atoms with Crippen molar-refractivity contribution in [3.8, 4) is 0 Å². The molecule has 1 aromatic rings. The molecule has 1 atom stereocenters. The third kappa shape index (κ3) is 6.26. The van der Waals surface area contributed by atoms with Crippen molar-refractivity contribution in [2.45, 2.75) is 65.4 Å². The quantitative estimate of drug-likeness (QED) is 0.833. The van der Waals surface area contributed by atoms with Gasteiger partial charge in [-0.3, -0.25) is 0 Å². The van der Waals surface area contributed by atoms with Gasteiger partial charge in [-0.05, 0) is 62.6 Å². The molecule has 0 saturated carbocycles. The highest BCUT2D eigenvalue weighted by Gasteiger charge is 2.27. The number of piperidine rings is 1. The average molecular weight is 347 g/mol. The molecular weight excluding hydrogens is 312 g/mol. The highest BCUT2D eigenvalue weighted by Crippen LogP contribution is 2.24. The Kier molecular flexibility index (Phi) is 6.02. The second-order valence-electron chi connectivity index (χ2n) is 9.14. The predicted octanol–water partition coefficient (Wildman–Crippen LogP) is 5.04. The number of nitrogens with one attached hydrogen (secondary N) is 1. The van der Waals surface area contributed by atoms with E-state index in [9.17, 15) is 4.79 Å². The lowest BCUT2D eigenvalue weighted by molar-refractivity contribution is 0.0172. The first-order valence-corrected chi connectivity index (χ1v) is 9.37. The van der Waals surface area contributed by atoms with Crippen LogP contribution in [0.25, 0.3) is 0 Å². The van der Waals surface area contributed by atoms with Crippen molar-refractivity contribution in [1.82, 2.24) is 4.90 Å². The number of hydrogen-bond donors (Lipinski definition) is 1. The van der Waals surface area contributed by atoms with E-state index >= 15 is 0 Å². The van der Waals surface area contributed by atoms with Crippen LogP contribution in [0.1, 0.15) is 59.9 Å². The van der Waals surface area contributed by atoms with E-state index < -0.39 is 5.60 Å². The van der Waals surface area contributed by atoms with Crippen LogP contribution in [-0.2, 0) is 10.2 Å². The summed E-state index contributed by atoms with van der Waals surface area (Å²) in [6.45, 7) is 14.9. The third-order valence-electron chi connectivity index (χ3n) is 4.52. The first kappa shape index (κ1) is 19.6. The van der Waals surface area contributed by atoms with Crippen LogP contribution in [-0.4, -0.2) is 36.2 Å². The topological polar surface area (TPSA) is 41.6 Å². The molecule has 1 amide bonds. The van der Waals surface area contributed by atoms with E-state index in [1.807, 2.05) is 25.7 Å². The molecule has 1 unspecified atom stereocenters. The number of nitrogens with zero attached hydrogens (tertiary/aromatic N) is 1. The molecule has 2 rings (SSSR count). The maximum absolute atomic E-state index is 12.2. The van der Waals surface area contributed by atoms with Gasteiger partial charge in [0.15, 0.2) is 0 Å². The number of hydrogen-bond acceptors (Lipinski definition) is 3. The summed E-state index contributed by atoms with van der Waals surface area (Å²) in [5.74, 6) is 0.462. The van der Waals surface area contributed by atoms with Crippen molar-refractivity contribution in [3.05, 3.63) is 29.8 Å². The third-order valence-corrected chi connectivity index (χ3v) is 4.52. The van der Waals surface area contributed by atoms with E-state index in [0.29, 0.717) is 5.92 Å². The van der Waals surface area contributed by atoms with Crippen LogP contribution in [0.4, 0.5) is 10.5 Å². The van der Waals surface area contributed by atoms with Gasteiger partial charge < -0.3 is 15.0 Å². The Labute approximate surface area is 152 Å². The lowest BCUT2D eigenvalue weighted by atomic mass is 9.87.